The lowest BCUT2D eigenvalue weighted by molar-refractivity contribution is 0.0994. The molecule has 2 amide bonds. The first-order valence-corrected chi connectivity index (χ1v) is 10.2. The van der Waals surface area contributed by atoms with Gasteiger partial charge < -0.3 is 25.5 Å². The number of ether oxygens (including phenoxy) is 1. The van der Waals surface area contributed by atoms with Crippen molar-refractivity contribution in [2.24, 2.45) is 5.73 Å². The van der Waals surface area contributed by atoms with E-state index < -0.39 is 12.0 Å². The van der Waals surface area contributed by atoms with E-state index in [1.165, 1.54) is 4.90 Å². The fraction of sp³-hybridized carbons (Fsp3) is 0.174. The molecule has 1 aliphatic rings. The topological polar surface area (TPSA) is 126 Å². The lowest BCUT2D eigenvalue weighted by atomic mass is 10.1. The van der Waals surface area contributed by atoms with Gasteiger partial charge in [-0.1, -0.05) is 18.2 Å². The first-order valence-electron chi connectivity index (χ1n) is 10.2. The number of nitrogens with two attached hydrogens (primary N) is 1. The molecule has 0 atom stereocenters. The number of benzene rings is 2. The van der Waals surface area contributed by atoms with Gasteiger partial charge in [-0.05, 0) is 42.8 Å². The molecule has 0 unspecified atom stereocenters. The van der Waals surface area contributed by atoms with E-state index in [4.69, 9.17) is 10.5 Å². The standard InChI is InChI=1S/C23H21N5O4/c24-21(29)20-19(14-6-8-16(9-7-14)32-15-4-2-1-3-5-15)25-22-17-10-12-27(23(30)31)13-11-18(17)26-28(20)22/h1-9,25H,10-13H2,(H2,24,29)(H,30,31). The molecule has 0 bridgehead atoms. The van der Waals surface area contributed by atoms with Crippen LogP contribution in [-0.2, 0) is 12.8 Å². The van der Waals surface area contributed by atoms with Gasteiger partial charge in [0.2, 0.25) is 0 Å². The molecule has 9 heteroatoms. The summed E-state index contributed by atoms with van der Waals surface area (Å²) in [5, 5.41) is 13.9. The van der Waals surface area contributed by atoms with Crippen LogP contribution in [0.4, 0.5) is 4.79 Å². The molecule has 2 aromatic carbocycles. The van der Waals surface area contributed by atoms with Gasteiger partial charge in [0.05, 0.1) is 11.4 Å². The van der Waals surface area contributed by atoms with Crippen LogP contribution in [0.2, 0.25) is 0 Å². The third-order valence-electron chi connectivity index (χ3n) is 5.63. The molecule has 0 saturated heterocycles. The van der Waals surface area contributed by atoms with Gasteiger partial charge >= 0.3 is 6.09 Å². The molecule has 0 spiro atoms. The molecule has 32 heavy (non-hydrogen) atoms. The lowest BCUT2D eigenvalue weighted by Gasteiger charge is -2.15. The van der Waals surface area contributed by atoms with Crippen molar-refractivity contribution < 1.29 is 19.4 Å². The Morgan fingerprint density at radius 2 is 1.69 bits per heavy atom. The minimum Gasteiger partial charge on any atom is -0.465 e. The zero-order chi connectivity index (χ0) is 22.2. The van der Waals surface area contributed by atoms with E-state index in [2.05, 4.69) is 10.1 Å². The Hall–Kier alpha value is -4.27. The van der Waals surface area contributed by atoms with Crippen molar-refractivity contribution in [3.8, 4) is 22.8 Å². The summed E-state index contributed by atoms with van der Waals surface area (Å²) in [6.07, 6.45) is 0.0467. The number of rotatable bonds is 4. The maximum absolute atomic E-state index is 12.3. The summed E-state index contributed by atoms with van der Waals surface area (Å²) in [7, 11) is 0. The van der Waals surface area contributed by atoms with Crippen molar-refractivity contribution in [2.45, 2.75) is 12.8 Å². The van der Waals surface area contributed by atoms with Crippen molar-refractivity contribution in [2.75, 3.05) is 13.1 Å². The fourth-order valence-corrected chi connectivity index (χ4v) is 4.07. The molecular formula is C23H21N5O4. The summed E-state index contributed by atoms with van der Waals surface area (Å²) >= 11 is 0. The van der Waals surface area contributed by atoms with Crippen LogP contribution in [-0.4, -0.2) is 49.7 Å². The Labute approximate surface area is 183 Å². The molecule has 4 aromatic rings. The number of para-hydroxylation sites is 1. The SMILES string of the molecule is NC(=O)c1c(-c2ccc(Oc3ccccc3)cc2)[nH]c2c3c(nn12)CCN(C(=O)O)CC3. The van der Waals surface area contributed by atoms with Crippen LogP contribution in [0.15, 0.2) is 54.6 Å². The van der Waals surface area contributed by atoms with Crippen molar-refractivity contribution >= 4 is 17.6 Å². The summed E-state index contributed by atoms with van der Waals surface area (Å²) < 4.78 is 7.39. The van der Waals surface area contributed by atoms with Crippen molar-refractivity contribution in [1.82, 2.24) is 19.5 Å². The van der Waals surface area contributed by atoms with E-state index in [1.807, 2.05) is 54.6 Å². The van der Waals surface area contributed by atoms with Gasteiger partial charge in [0.15, 0.2) is 5.69 Å². The van der Waals surface area contributed by atoms with Gasteiger partial charge in [-0.25, -0.2) is 9.31 Å². The summed E-state index contributed by atoms with van der Waals surface area (Å²) in [6, 6.07) is 16.8. The second-order valence-corrected chi connectivity index (χ2v) is 7.61. The molecule has 0 radical (unpaired) electrons. The highest BCUT2D eigenvalue weighted by Gasteiger charge is 2.27. The number of primary amides is 1. The van der Waals surface area contributed by atoms with Crippen molar-refractivity contribution in [3.05, 3.63) is 71.5 Å². The molecule has 1 aliphatic heterocycles. The van der Waals surface area contributed by atoms with Gasteiger partial charge in [-0.3, -0.25) is 4.79 Å². The average molecular weight is 431 g/mol. The number of aromatic nitrogens is 3. The van der Waals surface area contributed by atoms with Gasteiger partial charge in [0.25, 0.3) is 5.91 Å². The van der Waals surface area contributed by atoms with Gasteiger partial charge in [0.1, 0.15) is 17.1 Å². The van der Waals surface area contributed by atoms with E-state index in [9.17, 15) is 14.7 Å². The average Bonchev–Trinajstić information content (AvgIpc) is 3.23. The largest absolute Gasteiger partial charge is 0.465 e. The molecule has 5 rings (SSSR count). The van der Waals surface area contributed by atoms with E-state index in [1.54, 1.807) is 4.52 Å². The van der Waals surface area contributed by atoms with Crippen LogP contribution in [0, 0.1) is 0 Å². The first kappa shape index (κ1) is 19.7. The highest BCUT2D eigenvalue weighted by atomic mass is 16.5. The molecule has 9 nitrogen and oxygen atoms in total. The van der Waals surface area contributed by atoms with Crippen LogP contribution in [0.25, 0.3) is 16.9 Å². The quantitative estimate of drug-likeness (QED) is 0.457. The monoisotopic (exact) mass is 431 g/mol. The van der Waals surface area contributed by atoms with E-state index >= 15 is 0 Å². The van der Waals surface area contributed by atoms with Crippen LogP contribution >= 0.6 is 0 Å². The Morgan fingerprint density at radius 1 is 1.00 bits per heavy atom. The summed E-state index contributed by atoms with van der Waals surface area (Å²) in [6.45, 7) is 0.736. The van der Waals surface area contributed by atoms with Crippen molar-refractivity contribution in [3.63, 3.8) is 0 Å². The van der Waals surface area contributed by atoms with Gasteiger partial charge in [-0.2, -0.15) is 5.10 Å². The lowest BCUT2D eigenvalue weighted by Crippen LogP contribution is -2.31. The molecule has 3 heterocycles. The Bertz CT molecular complexity index is 1310. The van der Waals surface area contributed by atoms with Gasteiger partial charge in [-0.15, -0.1) is 0 Å². The van der Waals surface area contributed by atoms with E-state index in [0.717, 1.165) is 22.6 Å². The van der Waals surface area contributed by atoms with Crippen LogP contribution in [0.3, 0.4) is 0 Å². The number of nitrogens with zero attached hydrogens (tertiary/aromatic N) is 3. The number of H-pyrrole nitrogens is 1. The summed E-state index contributed by atoms with van der Waals surface area (Å²) in [5.41, 5.74) is 9.66. The van der Waals surface area contributed by atoms with Crippen molar-refractivity contribution in [1.29, 1.82) is 0 Å². The Balaban J connectivity index is 1.50. The predicted octanol–water partition coefficient (Wildman–Crippen LogP) is 3.30. The molecule has 162 valence electrons. The summed E-state index contributed by atoms with van der Waals surface area (Å²) in [4.78, 5) is 28.4. The molecule has 0 aliphatic carbocycles. The number of imidazole rings is 1. The maximum Gasteiger partial charge on any atom is 0.407 e. The zero-order valence-electron chi connectivity index (χ0n) is 17.1. The van der Waals surface area contributed by atoms with E-state index in [0.29, 0.717) is 43.0 Å². The first-order chi connectivity index (χ1) is 15.5. The second kappa shape index (κ2) is 7.77. The molecular weight excluding hydrogens is 410 g/mol. The minimum atomic E-state index is -0.943. The normalized spacial score (nSPS) is 13.6. The number of carboxylic acid groups (broad SMARTS) is 1. The minimum absolute atomic E-state index is 0.264. The third-order valence-corrected chi connectivity index (χ3v) is 5.63. The highest BCUT2D eigenvalue weighted by Crippen LogP contribution is 2.30. The summed E-state index contributed by atoms with van der Waals surface area (Å²) in [5.74, 6) is 0.801. The van der Waals surface area contributed by atoms with Crippen LogP contribution < -0.4 is 10.5 Å². The number of carbonyl (C=O) groups excluding carboxylic acids is 1. The van der Waals surface area contributed by atoms with E-state index in [-0.39, 0.29) is 5.69 Å². The number of amides is 2. The number of carbonyl (C=O) groups is 2. The Morgan fingerprint density at radius 3 is 2.38 bits per heavy atom. The molecule has 4 N–H and O–H groups in total. The molecule has 0 saturated carbocycles. The zero-order valence-corrected chi connectivity index (χ0v) is 17.1. The molecule has 2 aromatic heterocycles. The number of hydrogen-bond donors (Lipinski definition) is 3. The number of hydrogen-bond acceptors (Lipinski definition) is 4. The maximum atomic E-state index is 12.3. The number of fused-ring (bicyclic) bond motifs is 3. The Kier molecular flexibility index (Phi) is 4.78. The van der Waals surface area contributed by atoms with Crippen LogP contribution in [0.5, 0.6) is 11.5 Å². The smallest absolute Gasteiger partial charge is 0.407 e. The highest BCUT2D eigenvalue weighted by molar-refractivity contribution is 5.98. The van der Waals surface area contributed by atoms with Crippen LogP contribution in [0.1, 0.15) is 21.7 Å². The fourth-order valence-electron chi connectivity index (χ4n) is 4.07. The second-order valence-electron chi connectivity index (χ2n) is 7.61. The molecule has 0 fully saturated rings. The number of aromatic amines is 1. The van der Waals surface area contributed by atoms with Gasteiger partial charge in [0, 0.05) is 30.6 Å². The third kappa shape index (κ3) is 3.43. The predicted molar refractivity (Wildman–Crippen MR) is 117 cm³/mol. The number of nitrogens with one attached hydrogen (secondary N) is 1.